The Morgan fingerprint density at radius 1 is 1.05 bits per heavy atom. The average molecular weight is 268 g/mol. The van der Waals surface area contributed by atoms with Gasteiger partial charge in [0.05, 0.1) is 0 Å². The van der Waals surface area contributed by atoms with E-state index in [9.17, 15) is 4.79 Å². The third-order valence-electron chi connectivity index (χ3n) is 3.30. The molecule has 0 aromatic rings. The van der Waals surface area contributed by atoms with Gasteiger partial charge in [-0.3, -0.25) is 4.79 Å². The number of rotatable bonds is 11. The standard InChI is InChI=1S/C16H32N2O/c1-4-6-13-18(14-7-5-2)16(19)15(3)11-9-8-10-12-17/h11H,4-10,12-14,17H2,1-3H3. The molecule has 0 heterocycles. The number of nitrogens with two attached hydrogens (primary N) is 1. The van der Waals surface area contributed by atoms with E-state index in [1.54, 1.807) is 0 Å². The van der Waals surface area contributed by atoms with Crippen LogP contribution in [0.4, 0.5) is 0 Å². The van der Waals surface area contributed by atoms with Crippen molar-refractivity contribution in [2.24, 2.45) is 5.73 Å². The second kappa shape index (κ2) is 12.2. The lowest BCUT2D eigenvalue weighted by Gasteiger charge is -2.22. The van der Waals surface area contributed by atoms with E-state index in [0.29, 0.717) is 0 Å². The minimum atomic E-state index is 0.217. The number of nitrogens with zero attached hydrogens (tertiary/aromatic N) is 1. The number of carbonyl (C=O) groups excluding carboxylic acids is 1. The molecule has 0 bridgehead atoms. The maximum Gasteiger partial charge on any atom is 0.249 e. The van der Waals surface area contributed by atoms with Crippen molar-refractivity contribution >= 4 is 5.91 Å². The summed E-state index contributed by atoms with van der Waals surface area (Å²) in [4.78, 5) is 14.4. The zero-order valence-corrected chi connectivity index (χ0v) is 13.1. The summed E-state index contributed by atoms with van der Waals surface area (Å²) in [5.74, 6) is 0.217. The molecule has 0 unspecified atom stereocenters. The third-order valence-corrected chi connectivity index (χ3v) is 3.30. The lowest BCUT2D eigenvalue weighted by molar-refractivity contribution is -0.127. The van der Waals surface area contributed by atoms with Crippen molar-refractivity contribution < 1.29 is 4.79 Å². The first-order valence-electron chi connectivity index (χ1n) is 7.83. The summed E-state index contributed by atoms with van der Waals surface area (Å²) >= 11 is 0. The number of carbonyl (C=O) groups is 1. The number of amides is 1. The lowest BCUT2D eigenvalue weighted by atomic mass is 10.1. The van der Waals surface area contributed by atoms with Crippen LogP contribution in [-0.2, 0) is 4.79 Å². The Morgan fingerprint density at radius 2 is 1.63 bits per heavy atom. The first-order chi connectivity index (χ1) is 9.17. The summed E-state index contributed by atoms with van der Waals surface area (Å²) in [5.41, 5.74) is 6.36. The molecular weight excluding hydrogens is 236 g/mol. The molecular formula is C16H32N2O. The molecule has 1 amide bonds. The molecule has 0 spiro atoms. The van der Waals surface area contributed by atoms with Crippen molar-refractivity contribution in [2.75, 3.05) is 19.6 Å². The first kappa shape index (κ1) is 18.2. The van der Waals surface area contributed by atoms with Gasteiger partial charge >= 0.3 is 0 Å². The van der Waals surface area contributed by atoms with Crippen molar-refractivity contribution in [3.05, 3.63) is 11.6 Å². The van der Waals surface area contributed by atoms with Crippen molar-refractivity contribution in [3.63, 3.8) is 0 Å². The third kappa shape index (κ3) is 8.82. The summed E-state index contributed by atoms with van der Waals surface area (Å²) in [5, 5.41) is 0. The van der Waals surface area contributed by atoms with Crippen LogP contribution in [0.25, 0.3) is 0 Å². The SMILES string of the molecule is CCCCN(CCCC)C(=O)C(C)=CCCCCN. The van der Waals surface area contributed by atoms with E-state index in [4.69, 9.17) is 5.73 Å². The minimum Gasteiger partial charge on any atom is -0.339 e. The molecule has 2 N–H and O–H groups in total. The predicted octanol–water partition coefficient (Wildman–Crippen LogP) is 3.49. The van der Waals surface area contributed by atoms with Crippen molar-refractivity contribution in [1.82, 2.24) is 4.90 Å². The molecule has 0 rings (SSSR count). The van der Waals surface area contributed by atoms with Gasteiger partial charge in [0, 0.05) is 18.7 Å². The van der Waals surface area contributed by atoms with Crippen LogP contribution in [0.5, 0.6) is 0 Å². The van der Waals surface area contributed by atoms with Crippen LogP contribution < -0.4 is 5.73 Å². The van der Waals surface area contributed by atoms with Gasteiger partial charge in [0.15, 0.2) is 0 Å². The highest BCUT2D eigenvalue weighted by Crippen LogP contribution is 2.08. The quantitative estimate of drug-likeness (QED) is 0.460. The van der Waals surface area contributed by atoms with Gasteiger partial charge in [-0.15, -0.1) is 0 Å². The van der Waals surface area contributed by atoms with E-state index >= 15 is 0 Å². The lowest BCUT2D eigenvalue weighted by Crippen LogP contribution is -2.33. The van der Waals surface area contributed by atoms with E-state index in [2.05, 4.69) is 19.9 Å². The molecule has 19 heavy (non-hydrogen) atoms. The molecule has 0 aliphatic heterocycles. The summed E-state index contributed by atoms with van der Waals surface area (Å²) in [6.07, 6.45) is 9.60. The molecule has 0 radical (unpaired) electrons. The molecule has 0 saturated heterocycles. The maximum absolute atomic E-state index is 12.4. The predicted molar refractivity (Wildman–Crippen MR) is 83.1 cm³/mol. The van der Waals surface area contributed by atoms with Gasteiger partial charge in [0.2, 0.25) is 5.91 Å². The van der Waals surface area contributed by atoms with Crippen LogP contribution in [0.2, 0.25) is 0 Å². The van der Waals surface area contributed by atoms with Crippen molar-refractivity contribution in [2.45, 2.75) is 65.7 Å². The minimum absolute atomic E-state index is 0.217. The van der Waals surface area contributed by atoms with E-state index in [-0.39, 0.29) is 5.91 Å². The fourth-order valence-corrected chi connectivity index (χ4v) is 1.96. The Kier molecular flexibility index (Phi) is 11.7. The monoisotopic (exact) mass is 268 g/mol. The normalized spacial score (nSPS) is 11.7. The highest BCUT2D eigenvalue weighted by Gasteiger charge is 2.13. The van der Waals surface area contributed by atoms with Crippen LogP contribution in [0, 0.1) is 0 Å². The Hall–Kier alpha value is -0.830. The smallest absolute Gasteiger partial charge is 0.249 e. The summed E-state index contributed by atoms with van der Waals surface area (Å²) < 4.78 is 0. The Bertz CT molecular complexity index is 253. The van der Waals surface area contributed by atoms with Gasteiger partial charge in [-0.2, -0.15) is 0 Å². The fraction of sp³-hybridized carbons (Fsp3) is 0.812. The summed E-state index contributed by atoms with van der Waals surface area (Å²) in [6.45, 7) is 8.79. The Balaban J connectivity index is 4.32. The van der Waals surface area contributed by atoms with Crippen LogP contribution in [0.3, 0.4) is 0 Å². The molecule has 0 aliphatic carbocycles. The van der Waals surface area contributed by atoms with Gasteiger partial charge in [-0.25, -0.2) is 0 Å². The van der Waals surface area contributed by atoms with Crippen molar-refractivity contribution in [3.8, 4) is 0 Å². The van der Waals surface area contributed by atoms with Gasteiger partial charge in [0.25, 0.3) is 0 Å². The second-order valence-electron chi connectivity index (χ2n) is 5.17. The average Bonchev–Trinajstić information content (AvgIpc) is 2.43. The molecule has 112 valence electrons. The maximum atomic E-state index is 12.4. The van der Waals surface area contributed by atoms with E-state index in [0.717, 1.165) is 70.2 Å². The van der Waals surface area contributed by atoms with Crippen LogP contribution in [0.1, 0.15) is 65.7 Å². The fourth-order valence-electron chi connectivity index (χ4n) is 1.96. The summed E-state index contributed by atoms with van der Waals surface area (Å²) in [6, 6.07) is 0. The van der Waals surface area contributed by atoms with Crippen LogP contribution >= 0.6 is 0 Å². The molecule has 0 aliphatic rings. The van der Waals surface area contributed by atoms with Crippen molar-refractivity contribution in [1.29, 1.82) is 0 Å². The van der Waals surface area contributed by atoms with Crippen LogP contribution in [-0.4, -0.2) is 30.4 Å². The molecule has 0 saturated carbocycles. The van der Waals surface area contributed by atoms with E-state index in [1.165, 1.54) is 0 Å². The highest BCUT2D eigenvalue weighted by molar-refractivity contribution is 5.92. The number of hydrogen-bond donors (Lipinski definition) is 1. The van der Waals surface area contributed by atoms with Gasteiger partial charge < -0.3 is 10.6 Å². The highest BCUT2D eigenvalue weighted by atomic mass is 16.2. The van der Waals surface area contributed by atoms with Crippen LogP contribution in [0.15, 0.2) is 11.6 Å². The number of hydrogen-bond acceptors (Lipinski definition) is 2. The van der Waals surface area contributed by atoms with Gasteiger partial charge in [0.1, 0.15) is 0 Å². The van der Waals surface area contributed by atoms with Gasteiger partial charge in [-0.1, -0.05) is 32.8 Å². The molecule has 0 atom stereocenters. The number of unbranched alkanes of at least 4 members (excludes halogenated alkanes) is 4. The Labute approximate surface area is 119 Å². The molecule has 3 heteroatoms. The topological polar surface area (TPSA) is 46.3 Å². The Morgan fingerprint density at radius 3 is 2.11 bits per heavy atom. The largest absolute Gasteiger partial charge is 0.339 e. The zero-order chi connectivity index (χ0) is 14.5. The van der Waals surface area contributed by atoms with E-state index in [1.807, 2.05) is 11.8 Å². The van der Waals surface area contributed by atoms with Gasteiger partial charge in [-0.05, 0) is 45.6 Å². The zero-order valence-electron chi connectivity index (χ0n) is 13.1. The molecule has 0 aromatic heterocycles. The second-order valence-corrected chi connectivity index (χ2v) is 5.17. The molecule has 3 nitrogen and oxygen atoms in total. The number of allylic oxidation sites excluding steroid dienone is 1. The summed E-state index contributed by atoms with van der Waals surface area (Å²) in [7, 11) is 0. The van der Waals surface area contributed by atoms with E-state index < -0.39 is 0 Å². The molecule has 0 fully saturated rings. The molecule has 0 aromatic carbocycles. The first-order valence-corrected chi connectivity index (χ1v) is 7.83.